The van der Waals surface area contributed by atoms with E-state index in [-0.39, 0.29) is 23.8 Å². The van der Waals surface area contributed by atoms with Gasteiger partial charge in [0.1, 0.15) is 0 Å². The van der Waals surface area contributed by atoms with Gasteiger partial charge in [0.25, 0.3) is 5.91 Å². The predicted octanol–water partition coefficient (Wildman–Crippen LogP) is 4.87. The Balaban J connectivity index is 1.64. The fraction of sp³-hybridized carbons (Fsp3) is 0.440. The lowest BCUT2D eigenvalue weighted by Gasteiger charge is -2.32. The first kappa shape index (κ1) is 23.9. The second-order valence-corrected chi connectivity index (χ2v) is 8.34. The Labute approximate surface area is 194 Å². The van der Waals surface area contributed by atoms with Gasteiger partial charge in [-0.3, -0.25) is 9.59 Å². The largest absolute Gasteiger partial charge is 0.490 e. The van der Waals surface area contributed by atoms with Gasteiger partial charge in [-0.05, 0) is 75.6 Å². The maximum atomic E-state index is 13.0. The van der Waals surface area contributed by atoms with Gasteiger partial charge >= 0.3 is 0 Å². The van der Waals surface area contributed by atoms with Crippen LogP contribution in [0.4, 0.5) is 0 Å². The van der Waals surface area contributed by atoms with Crippen LogP contribution in [0.15, 0.2) is 42.5 Å². The average molecular weight is 459 g/mol. The van der Waals surface area contributed by atoms with Crippen LogP contribution in [0.1, 0.15) is 55.6 Å². The molecule has 2 unspecified atom stereocenters. The van der Waals surface area contributed by atoms with Crippen molar-refractivity contribution in [3.05, 3.63) is 58.6 Å². The third-order valence-electron chi connectivity index (χ3n) is 5.60. The Morgan fingerprint density at radius 2 is 1.78 bits per heavy atom. The zero-order valence-corrected chi connectivity index (χ0v) is 19.7. The maximum absolute atomic E-state index is 13.0. The van der Waals surface area contributed by atoms with Crippen molar-refractivity contribution in [2.45, 2.75) is 39.7 Å². The Morgan fingerprint density at radius 1 is 1.09 bits per heavy atom. The van der Waals surface area contributed by atoms with Gasteiger partial charge in [0, 0.05) is 23.7 Å². The normalized spacial score (nSPS) is 16.9. The molecule has 1 heterocycles. The number of likely N-dealkylation sites (tertiary alicyclic amines) is 1. The van der Waals surface area contributed by atoms with Crippen LogP contribution < -0.4 is 14.8 Å². The van der Waals surface area contributed by atoms with E-state index in [1.54, 1.807) is 29.2 Å². The summed E-state index contributed by atoms with van der Waals surface area (Å²) >= 11 is 5.92. The molecule has 3 rings (SSSR count). The summed E-state index contributed by atoms with van der Waals surface area (Å²) in [5, 5.41) is 3.69. The Hall–Kier alpha value is -2.73. The summed E-state index contributed by atoms with van der Waals surface area (Å²) in [5.74, 6) is 1.01. The van der Waals surface area contributed by atoms with Gasteiger partial charge in [0.15, 0.2) is 11.5 Å². The van der Waals surface area contributed by atoms with Crippen molar-refractivity contribution < 1.29 is 19.1 Å². The summed E-state index contributed by atoms with van der Waals surface area (Å²) in [6, 6.07) is 12.4. The first-order valence-electron chi connectivity index (χ1n) is 11.2. The van der Waals surface area contributed by atoms with Gasteiger partial charge in [-0.15, -0.1) is 0 Å². The molecule has 1 aliphatic heterocycles. The molecule has 32 heavy (non-hydrogen) atoms. The standard InChI is InChI=1S/C25H31ClN2O4/c1-4-31-22-13-10-19(15-23(22)32-5-2)17(3)27-24(29)20-7-6-14-28(16-20)25(30)18-8-11-21(26)12-9-18/h8-13,15,17,20H,4-7,14,16H2,1-3H3,(H,27,29). The number of piperidine rings is 1. The van der Waals surface area contributed by atoms with Gasteiger partial charge in [-0.1, -0.05) is 17.7 Å². The van der Waals surface area contributed by atoms with Crippen LogP contribution in [-0.2, 0) is 4.79 Å². The van der Waals surface area contributed by atoms with E-state index in [1.807, 2.05) is 39.0 Å². The number of carbonyl (C=O) groups excluding carboxylic acids is 2. The van der Waals surface area contributed by atoms with E-state index >= 15 is 0 Å². The highest BCUT2D eigenvalue weighted by Crippen LogP contribution is 2.31. The molecule has 1 aliphatic rings. The topological polar surface area (TPSA) is 67.9 Å². The summed E-state index contributed by atoms with van der Waals surface area (Å²) in [6.07, 6.45) is 1.56. The number of amides is 2. The molecule has 0 saturated carbocycles. The van der Waals surface area contributed by atoms with Crippen LogP contribution in [0.25, 0.3) is 0 Å². The number of ether oxygens (including phenoxy) is 2. The number of carbonyl (C=O) groups is 2. The second kappa shape index (κ2) is 11.2. The van der Waals surface area contributed by atoms with E-state index in [0.717, 1.165) is 18.4 Å². The molecular formula is C25H31ClN2O4. The minimum Gasteiger partial charge on any atom is -0.490 e. The fourth-order valence-electron chi connectivity index (χ4n) is 3.90. The van der Waals surface area contributed by atoms with Gasteiger partial charge in [0.05, 0.1) is 25.2 Å². The lowest BCUT2D eigenvalue weighted by molar-refractivity contribution is -0.127. The number of benzene rings is 2. The van der Waals surface area contributed by atoms with Crippen molar-refractivity contribution >= 4 is 23.4 Å². The van der Waals surface area contributed by atoms with E-state index in [2.05, 4.69) is 5.32 Å². The van der Waals surface area contributed by atoms with Crippen molar-refractivity contribution in [2.24, 2.45) is 5.92 Å². The molecule has 1 N–H and O–H groups in total. The number of rotatable bonds is 8. The Kier molecular flexibility index (Phi) is 8.39. The lowest BCUT2D eigenvalue weighted by atomic mass is 9.95. The number of halogens is 1. The molecule has 0 spiro atoms. The third kappa shape index (κ3) is 5.94. The van der Waals surface area contributed by atoms with Crippen molar-refractivity contribution in [3.8, 4) is 11.5 Å². The molecule has 0 aliphatic carbocycles. The smallest absolute Gasteiger partial charge is 0.253 e. The van der Waals surface area contributed by atoms with E-state index in [0.29, 0.717) is 48.4 Å². The third-order valence-corrected chi connectivity index (χ3v) is 5.85. The first-order chi connectivity index (χ1) is 15.4. The van der Waals surface area contributed by atoms with Gasteiger partial charge in [0.2, 0.25) is 5.91 Å². The molecule has 2 amide bonds. The first-order valence-corrected chi connectivity index (χ1v) is 11.6. The van der Waals surface area contributed by atoms with E-state index < -0.39 is 0 Å². The monoisotopic (exact) mass is 458 g/mol. The van der Waals surface area contributed by atoms with Gasteiger partial charge in [-0.25, -0.2) is 0 Å². The molecule has 2 aromatic carbocycles. The maximum Gasteiger partial charge on any atom is 0.253 e. The molecule has 1 fully saturated rings. The highest BCUT2D eigenvalue weighted by molar-refractivity contribution is 6.30. The van der Waals surface area contributed by atoms with Crippen LogP contribution in [0, 0.1) is 5.92 Å². The molecule has 0 radical (unpaired) electrons. The van der Waals surface area contributed by atoms with Crippen LogP contribution in [0.5, 0.6) is 11.5 Å². The molecule has 7 heteroatoms. The summed E-state index contributed by atoms with van der Waals surface area (Å²) in [4.78, 5) is 27.6. The zero-order chi connectivity index (χ0) is 23.1. The van der Waals surface area contributed by atoms with Crippen LogP contribution in [-0.4, -0.2) is 43.0 Å². The average Bonchev–Trinajstić information content (AvgIpc) is 2.80. The van der Waals surface area contributed by atoms with E-state index in [1.165, 1.54) is 0 Å². The number of hydrogen-bond acceptors (Lipinski definition) is 4. The van der Waals surface area contributed by atoms with E-state index in [4.69, 9.17) is 21.1 Å². The quantitative estimate of drug-likeness (QED) is 0.613. The van der Waals surface area contributed by atoms with Crippen LogP contribution in [0.3, 0.4) is 0 Å². The minimum absolute atomic E-state index is 0.0436. The summed E-state index contributed by atoms with van der Waals surface area (Å²) in [5.41, 5.74) is 1.52. The minimum atomic E-state index is -0.239. The van der Waals surface area contributed by atoms with Crippen molar-refractivity contribution in [1.82, 2.24) is 10.2 Å². The molecule has 2 atom stereocenters. The summed E-state index contributed by atoms with van der Waals surface area (Å²) in [7, 11) is 0. The van der Waals surface area contributed by atoms with Gasteiger partial charge in [-0.2, -0.15) is 0 Å². The molecule has 0 bridgehead atoms. The molecular weight excluding hydrogens is 428 g/mol. The van der Waals surface area contributed by atoms with Gasteiger partial charge < -0.3 is 19.7 Å². The van der Waals surface area contributed by atoms with Crippen LogP contribution in [0.2, 0.25) is 5.02 Å². The van der Waals surface area contributed by atoms with Crippen molar-refractivity contribution in [3.63, 3.8) is 0 Å². The SMILES string of the molecule is CCOc1ccc(C(C)NC(=O)C2CCCN(C(=O)c3ccc(Cl)cc3)C2)cc1OCC. The van der Waals surface area contributed by atoms with Crippen molar-refractivity contribution in [2.75, 3.05) is 26.3 Å². The highest BCUT2D eigenvalue weighted by atomic mass is 35.5. The zero-order valence-electron chi connectivity index (χ0n) is 18.9. The number of nitrogens with zero attached hydrogens (tertiary/aromatic N) is 1. The molecule has 1 saturated heterocycles. The molecule has 172 valence electrons. The van der Waals surface area contributed by atoms with Crippen molar-refractivity contribution in [1.29, 1.82) is 0 Å². The molecule has 6 nitrogen and oxygen atoms in total. The Morgan fingerprint density at radius 3 is 2.47 bits per heavy atom. The molecule has 0 aromatic heterocycles. The number of hydrogen-bond donors (Lipinski definition) is 1. The summed E-state index contributed by atoms with van der Waals surface area (Å²) < 4.78 is 11.3. The Bertz CT molecular complexity index is 932. The fourth-order valence-corrected chi connectivity index (χ4v) is 4.03. The predicted molar refractivity (Wildman–Crippen MR) is 125 cm³/mol. The van der Waals surface area contributed by atoms with E-state index in [9.17, 15) is 9.59 Å². The summed E-state index contributed by atoms with van der Waals surface area (Å²) in [6.45, 7) is 7.95. The highest BCUT2D eigenvalue weighted by Gasteiger charge is 2.29. The number of nitrogens with one attached hydrogen (secondary N) is 1. The molecule has 2 aromatic rings. The lowest BCUT2D eigenvalue weighted by Crippen LogP contribution is -2.45. The second-order valence-electron chi connectivity index (χ2n) is 7.90. The van der Waals surface area contributed by atoms with Crippen LogP contribution >= 0.6 is 11.6 Å².